The number of aromatic nitrogens is 2. The van der Waals surface area contributed by atoms with E-state index in [0.29, 0.717) is 44.3 Å². The van der Waals surface area contributed by atoms with E-state index in [0.717, 1.165) is 30.8 Å². The molecule has 0 atom stereocenters. The van der Waals surface area contributed by atoms with Crippen LogP contribution in [0, 0.1) is 6.92 Å². The quantitative estimate of drug-likeness (QED) is 0.643. The molecule has 2 saturated heterocycles. The van der Waals surface area contributed by atoms with Gasteiger partial charge in [-0.3, -0.25) is 9.48 Å². The number of sulfonamides is 1. The zero-order valence-corrected chi connectivity index (χ0v) is 20.9. The summed E-state index contributed by atoms with van der Waals surface area (Å²) in [5, 5.41) is 4.71. The predicted octanol–water partition coefficient (Wildman–Crippen LogP) is 1.67. The molecular weight excluding hydrogens is 464 g/mol. The first-order valence-electron chi connectivity index (χ1n) is 11.2. The molecule has 2 aromatic rings. The summed E-state index contributed by atoms with van der Waals surface area (Å²) in [6.45, 7) is 6.57. The van der Waals surface area contributed by atoms with Crippen molar-refractivity contribution in [1.29, 1.82) is 0 Å². The maximum absolute atomic E-state index is 13.5. The molecule has 0 bridgehead atoms. The molecule has 1 aromatic carbocycles. The molecule has 0 radical (unpaired) electrons. The first kappa shape index (κ1) is 24.0. The van der Waals surface area contributed by atoms with Gasteiger partial charge in [0.1, 0.15) is 0 Å². The first-order valence-corrected chi connectivity index (χ1v) is 13.0. The Morgan fingerprint density at radius 3 is 2.45 bits per heavy atom. The average Bonchev–Trinajstić information content (AvgIpc) is 3.06. The van der Waals surface area contributed by atoms with Gasteiger partial charge in [0.2, 0.25) is 5.03 Å². The molecule has 180 valence electrons. The van der Waals surface area contributed by atoms with Crippen molar-refractivity contribution >= 4 is 33.2 Å². The van der Waals surface area contributed by atoms with Crippen molar-refractivity contribution in [1.82, 2.24) is 23.9 Å². The molecule has 0 saturated carbocycles. The number of anilines is 1. The van der Waals surface area contributed by atoms with E-state index in [9.17, 15) is 13.2 Å². The monoisotopic (exact) mass is 494 g/mol. The summed E-state index contributed by atoms with van der Waals surface area (Å²) in [5.74, 6) is -0.273. The highest BCUT2D eigenvalue weighted by Gasteiger charge is 2.36. The molecular formula is C22H31ClN6O3S. The lowest BCUT2D eigenvalue weighted by Crippen LogP contribution is -2.49. The van der Waals surface area contributed by atoms with Crippen LogP contribution in [0.15, 0.2) is 29.4 Å². The van der Waals surface area contributed by atoms with Crippen LogP contribution >= 0.6 is 11.6 Å². The Morgan fingerprint density at radius 2 is 1.73 bits per heavy atom. The van der Waals surface area contributed by atoms with E-state index in [4.69, 9.17) is 11.6 Å². The van der Waals surface area contributed by atoms with E-state index < -0.39 is 10.0 Å². The van der Waals surface area contributed by atoms with E-state index in [-0.39, 0.29) is 16.5 Å². The molecule has 0 N–H and O–H groups in total. The fourth-order valence-corrected chi connectivity index (χ4v) is 6.14. The van der Waals surface area contributed by atoms with E-state index in [1.807, 2.05) is 32.2 Å². The van der Waals surface area contributed by atoms with Crippen molar-refractivity contribution < 1.29 is 13.2 Å². The summed E-state index contributed by atoms with van der Waals surface area (Å²) in [6.07, 6.45) is 2.38. The maximum Gasteiger partial charge on any atom is 0.263 e. The van der Waals surface area contributed by atoms with Gasteiger partial charge in [-0.2, -0.15) is 9.40 Å². The summed E-state index contributed by atoms with van der Waals surface area (Å²) in [5.41, 5.74) is 2.26. The van der Waals surface area contributed by atoms with E-state index in [2.05, 4.69) is 14.9 Å². The predicted molar refractivity (Wildman–Crippen MR) is 128 cm³/mol. The number of piperazine rings is 1. The van der Waals surface area contributed by atoms with Gasteiger partial charge in [0, 0.05) is 69.8 Å². The number of likely N-dealkylation sites (N-methyl/N-ethyl adjacent to an activating group) is 1. The minimum absolute atomic E-state index is 0.148. The first-order chi connectivity index (χ1) is 15.7. The van der Waals surface area contributed by atoms with Crippen LogP contribution in [0.25, 0.3) is 0 Å². The normalized spacial score (nSPS) is 19.0. The molecule has 3 heterocycles. The van der Waals surface area contributed by atoms with E-state index >= 15 is 0 Å². The molecule has 4 rings (SSSR count). The second-order valence-corrected chi connectivity index (χ2v) is 11.1. The summed E-state index contributed by atoms with van der Waals surface area (Å²) in [4.78, 5) is 19.3. The summed E-state index contributed by atoms with van der Waals surface area (Å²) in [6, 6.07) is 5.73. The van der Waals surface area contributed by atoms with Crippen molar-refractivity contribution in [2.24, 2.45) is 7.05 Å². The van der Waals surface area contributed by atoms with Gasteiger partial charge in [-0.15, -0.1) is 0 Å². The minimum Gasteiger partial charge on any atom is -0.369 e. The highest BCUT2D eigenvalue weighted by atomic mass is 35.5. The number of aryl methyl sites for hydroxylation is 2. The number of carbonyl (C=O) groups excluding carboxylic acids is 1. The van der Waals surface area contributed by atoms with Crippen molar-refractivity contribution in [2.45, 2.75) is 18.4 Å². The largest absolute Gasteiger partial charge is 0.369 e. The minimum atomic E-state index is -3.91. The van der Waals surface area contributed by atoms with Crippen LogP contribution in [0.2, 0.25) is 5.02 Å². The molecule has 1 aromatic heterocycles. The van der Waals surface area contributed by atoms with E-state index in [1.165, 1.54) is 15.2 Å². The SMILES string of the molecule is Cc1ccc(Cl)cc1N1CCN(S(=O)(=O)c2nn(C)cc2C(=O)N2CCCN(C)CC2)CC1. The van der Waals surface area contributed by atoms with Crippen LogP contribution in [-0.4, -0.2) is 97.6 Å². The Bertz CT molecular complexity index is 1130. The topological polar surface area (TPSA) is 82.0 Å². The number of nitrogens with zero attached hydrogens (tertiary/aromatic N) is 6. The number of amides is 1. The van der Waals surface area contributed by atoms with Crippen LogP contribution < -0.4 is 4.90 Å². The lowest BCUT2D eigenvalue weighted by molar-refractivity contribution is 0.0758. The number of carbonyl (C=O) groups is 1. The molecule has 33 heavy (non-hydrogen) atoms. The Balaban J connectivity index is 1.52. The molecule has 1 amide bonds. The maximum atomic E-state index is 13.5. The van der Waals surface area contributed by atoms with Crippen LogP contribution in [0.3, 0.4) is 0 Å². The Hall–Kier alpha value is -2.14. The van der Waals surface area contributed by atoms with Gasteiger partial charge in [-0.25, -0.2) is 8.42 Å². The molecule has 2 aliphatic heterocycles. The van der Waals surface area contributed by atoms with Gasteiger partial charge in [-0.05, 0) is 44.6 Å². The van der Waals surface area contributed by atoms with Crippen molar-refractivity contribution in [3.8, 4) is 0 Å². The van der Waals surface area contributed by atoms with E-state index in [1.54, 1.807) is 11.9 Å². The van der Waals surface area contributed by atoms with Crippen molar-refractivity contribution in [2.75, 3.05) is 64.3 Å². The van der Waals surface area contributed by atoms with Gasteiger partial charge >= 0.3 is 0 Å². The lowest BCUT2D eigenvalue weighted by Gasteiger charge is -2.36. The zero-order valence-electron chi connectivity index (χ0n) is 19.4. The lowest BCUT2D eigenvalue weighted by atomic mass is 10.1. The van der Waals surface area contributed by atoms with Gasteiger partial charge in [0.15, 0.2) is 0 Å². The van der Waals surface area contributed by atoms with Crippen LogP contribution in [0.4, 0.5) is 5.69 Å². The number of halogens is 1. The summed E-state index contributed by atoms with van der Waals surface area (Å²) >= 11 is 6.17. The number of hydrogen-bond acceptors (Lipinski definition) is 6. The Morgan fingerprint density at radius 1 is 1.00 bits per heavy atom. The number of benzene rings is 1. The average molecular weight is 495 g/mol. The second-order valence-electron chi connectivity index (χ2n) is 8.79. The third-order valence-electron chi connectivity index (χ3n) is 6.37. The standard InChI is InChI=1S/C22H31ClN6O3S/c1-17-5-6-18(23)15-20(17)27-11-13-29(14-12-27)33(31,32)21-19(16-26(3)24-21)22(30)28-8-4-7-25(2)9-10-28/h5-6,15-16H,4,7-14H2,1-3H3. The molecule has 9 nitrogen and oxygen atoms in total. The van der Waals surface area contributed by atoms with Crippen LogP contribution in [-0.2, 0) is 17.1 Å². The number of hydrogen-bond donors (Lipinski definition) is 0. The molecule has 0 spiro atoms. The third-order valence-corrected chi connectivity index (χ3v) is 8.44. The van der Waals surface area contributed by atoms with Gasteiger partial charge in [-0.1, -0.05) is 17.7 Å². The molecule has 0 unspecified atom stereocenters. The second kappa shape index (κ2) is 9.61. The van der Waals surface area contributed by atoms with Crippen LogP contribution in [0.5, 0.6) is 0 Å². The number of rotatable bonds is 4. The molecule has 0 aliphatic carbocycles. The van der Waals surface area contributed by atoms with Crippen molar-refractivity contribution in [3.05, 3.63) is 40.5 Å². The third kappa shape index (κ3) is 5.03. The zero-order chi connectivity index (χ0) is 23.8. The fourth-order valence-electron chi connectivity index (χ4n) is 4.44. The van der Waals surface area contributed by atoms with Crippen molar-refractivity contribution in [3.63, 3.8) is 0 Å². The van der Waals surface area contributed by atoms with Gasteiger partial charge in [0.05, 0.1) is 5.56 Å². The summed E-state index contributed by atoms with van der Waals surface area (Å²) in [7, 11) is -0.238. The van der Waals surface area contributed by atoms with Gasteiger partial charge in [0.25, 0.3) is 15.9 Å². The Labute approximate surface area is 200 Å². The highest BCUT2D eigenvalue weighted by Crippen LogP contribution is 2.27. The summed E-state index contributed by atoms with van der Waals surface area (Å²) < 4.78 is 29.9. The Kier molecular flexibility index (Phi) is 6.99. The fraction of sp³-hybridized carbons (Fsp3) is 0.545. The molecule has 2 fully saturated rings. The smallest absolute Gasteiger partial charge is 0.263 e. The highest BCUT2D eigenvalue weighted by molar-refractivity contribution is 7.89. The molecule has 2 aliphatic rings. The van der Waals surface area contributed by atoms with Gasteiger partial charge < -0.3 is 14.7 Å². The molecule has 11 heteroatoms. The van der Waals surface area contributed by atoms with Crippen LogP contribution in [0.1, 0.15) is 22.3 Å².